The standard InChI is InChI=1S/C10H19N3O3/c1-13-6-3-8(4-7-13)12-10(16)11-5-2-9(14)15/h8H,2-7H2,1H3,(H,14,15)(H2,11,12,16). The van der Waals surface area contributed by atoms with Crippen molar-refractivity contribution in [3.05, 3.63) is 0 Å². The number of rotatable bonds is 4. The largest absolute Gasteiger partial charge is 0.481 e. The van der Waals surface area contributed by atoms with E-state index in [1.807, 2.05) is 0 Å². The van der Waals surface area contributed by atoms with Gasteiger partial charge in [-0.1, -0.05) is 0 Å². The summed E-state index contributed by atoms with van der Waals surface area (Å²) in [4.78, 5) is 23.8. The minimum atomic E-state index is -0.903. The van der Waals surface area contributed by atoms with E-state index in [9.17, 15) is 9.59 Å². The molecule has 0 spiro atoms. The normalized spacial score (nSPS) is 18.1. The quantitative estimate of drug-likeness (QED) is 0.626. The third-order valence-electron chi connectivity index (χ3n) is 2.68. The Balaban J connectivity index is 2.11. The number of amides is 2. The first-order chi connectivity index (χ1) is 7.58. The van der Waals surface area contributed by atoms with Crippen molar-refractivity contribution in [2.45, 2.75) is 25.3 Å². The molecule has 1 aliphatic heterocycles. The monoisotopic (exact) mass is 229 g/mol. The fourth-order valence-corrected chi connectivity index (χ4v) is 1.67. The van der Waals surface area contributed by atoms with Gasteiger partial charge in [-0.2, -0.15) is 0 Å². The van der Waals surface area contributed by atoms with Gasteiger partial charge in [0.05, 0.1) is 6.42 Å². The maximum atomic E-state index is 11.3. The topological polar surface area (TPSA) is 81.7 Å². The second kappa shape index (κ2) is 6.32. The summed E-state index contributed by atoms with van der Waals surface area (Å²) in [6.45, 7) is 2.15. The first kappa shape index (κ1) is 12.8. The molecule has 0 bridgehead atoms. The lowest BCUT2D eigenvalue weighted by Gasteiger charge is -2.29. The van der Waals surface area contributed by atoms with Gasteiger partial charge < -0.3 is 20.6 Å². The van der Waals surface area contributed by atoms with Crippen molar-refractivity contribution in [2.75, 3.05) is 26.7 Å². The average molecular weight is 229 g/mol. The molecular weight excluding hydrogens is 210 g/mol. The van der Waals surface area contributed by atoms with Crippen molar-refractivity contribution >= 4 is 12.0 Å². The molecule has 3 N–H and O–H groups in total. The van der Waals surface area contributed by atoms with E-state index in [0.29, 0.717) is 0 Å². The van der Waals surface area contributed by atoms with E-state index < -0.39 is 5.97 Å². The van der Waals surface area contributed by atoms with Gasteiger partial charge in [0.1, 0.15) is 0 Å². The molecule has 1 aliphatic rings. The lowest BCUT2D eigenvalue weighted by atomic mass is 10.1. The van der Waals surface area contributed by atoms with Gasteiger partial charge in [-0.25, -0.2) is 4.79 Å². The summed E-state index contributed by atoms with van der Waals surface area (Å²) in [5, 5.41) is 13.8. The van der Waals surface area contributed by atoms with Gasteiger partial charge >= 0.3 is 12.0 Å². The van der Waals surface area contributed by atoms with Crippen LogP contribution in [0.15, 0.2) is 0 Å². The Morgan fingerprint density at radius 3 is 2.56 bits per heavy atom. The van der Waals surface area contributed by atoms with Gasteiger partial charge in [-0.05, 0) is 33.0 Å². The number of hydrogen-bond donors (Lipinski definition) is 3. The number of carboxylic acids is 1. The molecule has 0 aromatic rings. The zero-order chi connectivity index (χ0) is 12.0. The Bertz CT molecular complexity index is 250. The number of nitrogens with zero attached hydrogens (tertiary/aromatic N) is 1. The van der Waals surface area contributed by atoms with Gasteiger partial charge in [0, 0.05) is 12.6 Å². The highest BCUT2D eigenvalue weighted by Gasteiger charge is 2.17. The molecule has 0 radical (unpaired) electrons. The second-order valence-electron chi connectivity index (χ2n) is 4.12. The molecule has 1 fully saturated rings. The summed E-state index contributed by atoms with van der Waals surface area (Å²) in [6.07, 6.45) is 1.85. The molecule has 6 nitrogen and oxygen atoms in total. The number of carbonyl (C=O) groups is 2. The zero-order valence-electron chi connectivity index (χ0n) is 9.53. The summed E-state index contributed by atoms with van der Waals surface area (Å²) >= 11 is 0. The Morgan fingerprint density at radius 2 is 2.00 bits per heavy atom. The minimum Gasteiger partial charge on any atom is -0.481 e. The summed E-state index contributed by atoms with van der Waals surface area (Å²) in [7, 11) is 2.06. The molecule has 2 amide bonds. The van der Waals surface area contributed by atoms with Gasteiger partial charge in [-0.15, -0.1) is 0 Å². The van der Waals surface area contributed by atoms with Crippen LogP contribution in [0, 0.1) is 0 Å². The predicted molar refractivity (Wildman–Crippen MR) is 59.3 cm³/mol. The zero-order valence-corrected chi connectivity index (χ0v) is 9.53. The van der Waals surface area contributed by atoms with Crippen LogP contribution in [-0.2, 0) is 4.79 Å². The predicted octanol–water partition coefficient (Wildman–Crippen LogP) is -0.145. The fraction of sp³-hybridized carbons (Fsp3) is 0.800. The van der Waals surface area contributed by atoms with Crippen LogP contribution < -0.4 is 10.6 Å². The van der Waals surface area contributed by atoms with E-state index in [1.165, 1.54) is 0 Å². The van der Waals surface area contributed by atoms with Crippen LogP contribution in [0.3, 0.4) is 0 Å². The Hall–Kier alpha value is -1.30. The lowest BCUT2D eigenvalue weighted by molar-refractivity contribution is -0.136. The van der Waals surface area contributed by atoms with Gasteiger partial charge in [0.2, 0.25) is 0 Å². The average Bonchev–Trinajstić information content (AvgIpc) is 2.21. The van der Waals surface area contributed by atoms with Crippen molar-refractivity contribution in [3.63, 3.8) is 0 Å². The van der Waals surface area contributed by atoms with Crippen LogP contribution in [0.1, 0.15) is 19.3 Å². The Morgan fingerprint density at radius 1 is 1.38 bits per heavy atom. The molecule has 1 rings (SSSR count). The van der Waals surface area contributed by atoms with Crippen molar-refractivity contribution in [3.8, 4) is 0 Å². The maximum Gasteiger partial charge on any atom is 0.315 e. The van der Waals surface area contributed by atoms with Crippen molar-refractivity contribution in [1.29, 1.82) is 0 Å². The minimum absolute atomic E-state index is 0.0408. The molecular formula is C10H19N3O3. The molecule has 0 aromatic heterocycles. The number of likely N-dealkylation sites (tertiary alicyclic amines) is 1. The van der Waals surface area contributed by atoms with E-state index in [2.05, 4.69) is 22.6 Å². The van der Waals surface area contributed by atoms with Crippen LogP contribution in [-0.4, -0.2) is 54.7 Å². The van der Waals surface area contributed by atoms with Gasteiger partial charge in [0.25, 0.3) is 0 Å². The number of carbonyl (C=O) groups excluding carboxylic acids is 1. The molecule has 0 atom stereocenters. The van der Waals surface area contributed by atoms with Crippen LogP contribution in [0.25, 0.3) is 0 Å². The maximum absolute atomic E-state index is 11.3. The summed E-state index contributed by atoms with van der Waals surface area (Å²) < 4.78 is 0. The van der Waals surface area contributed by atoms with E-state index in [1.54, 1.807) is 0 Å². The molecule has 6 heteroatoms. The molecule has 0 aromatic carbocycles. The SMILES string of the molecule is CN1CCC(NC(=O)NCCC(=O)O)CC1. The van der Waals surface area contributed by atoms with E-state index in [0.717, 1.165) is 25.9 Å². The fourth-order valence-electron chi connectivity index (χ4n) is 1.67. The van der Waals surface area contributed by atoms with Crippen LogP contribution in [0.5, 0.6) is 0 Å². The number of aliphatic carboxylic acids is 1. The van der Waals surface area contributed by atoms with Crippen LogP contribution in [0.2, 0.25) is 0 Å². The van der Waals surface area contributed by atoms with Crippen molar-refractivity contribution < 1.29 is 14.7 Å². The van der Waals surface area contributed by atoms with Crippen molar-refractivity contribution in [1.82, 2.24) is 15.5 Å². The third kappa shape index (κ3) is 4.97. The number of urea groups is 1. The lowest BCUT2D eigenvalue weighted by Crippen LogP contribution is -2.47. The number of hydrogen-bond acceptors (Lipinski definition) is 3. The summed E-state index contributed by atoms with van der Waals surface area (Å²) in [6, 6.07) is -0.0585. The second-order valence-corrected chi connectivity index (χ2v) is 4.12. The van der Waals surface area contributed by atoms with Crippen LogP contribution >= 0.6 is 0 Å². The number of carboxylic acid groups (broad SMARTS) is 1. The first-order valence-corrected chi connectivity index (χ1v) is 5.52. The van der Waals surface area contributed by atoms with Crippen molar-refractivity contribution in [2.24, 2.45) is 0 Å². The Kier molecular flexibility index (Phi) is 5.04. The molecule has 16 heavy (non-hydrogen) atoms. The van der Waals surface area contributed by atoms with Crippen LogP contribution in [0.4, 0.5) is 4.79 Å². The van der Waals surface area contributed by atoms with E-state index >= 15 is 0 Å². The molecule has 0 aliphatic carbocycles. The molecule has 1 heterocycles. The Labute approximate surface area is 95.0 Å². The summed E-state index contributed by atoms with van der Waals surface area (Å²) in [5.41, 5.74) is 0. The molecule has 0 unspecified atom stereocenters. The van der Waals surface area contributed by atoms with E-state index in [4.69, 9.17) is 5.11 Å². The van der Waals surface area contributed by atoms with Gasteiger partial charge in [-0.3, -0.25) is 4.79 Å². The molecule has 0 saturated carbocycles. The molecule has 92 valence electrons. The van der Waals surface area contributed by atoms with Gasteiger partial charge in [0.15, 0.2) is 0 Å². The summed E-state index contributed by atoms with van der Waals surface area (Å²) in [5.74, 6) is -0.903. The first-order valence-electron chi connectivity index (χ1n) is 5.52. The number of nitrogens with one attached hydrogen (secondary N) is 2. The highest BCUT2D eigenvalue weighted by molar-refractivity contribution is 5.75. The smallest absolute Gasteiger partial charge is 0.315 e. The van der Waals surface area contributed by atoms with E-state index in [-0.39, 0.29) is 25.0 Å². The molecule has 1 saturated heterocycles. The highest BCUT2D eigenvalue weighted by Crippen LogP contribution is 2.07. The number of piperidine rings is 1. The third-order valence-corrected chi connectivity index (χ3v) is 2.68. The highest BCUT2D eigenvalue weighted by atomic mass is 16.4.